The summed E-state index contributed by atoms with van der Waals surface area (Å²) in [6, 6.07) is 15.9. The minimum absolute atomic E-state index is 0.0835. The average Bonchev–Trinajstić information content (AvgIpc) is 3.22. The van der Waals surface area contributed by atoms with Crippen LogP contribution in [0.25, 0.3) is 16.7 Å². The minimum atomic E-state index is -0.478. The molecule has 0 unspecified atom stereocenters. The van der Waals surface area contributed by atoms with E-state index >= 15 is 0 Å². The summed E-state index contributed by atoms with van der Waals surface area (Å²) < 4.78 is 1.86. The van der Waals surface area contributed by atoms with Gasteiger partial charge >= 0.3 is 0 Å². The first-order valence-corrected chi connectivity index (χ1v) is 13.1. The van der Waals surface area contributed by atoms with Crippen molar-refractivity contribution < 1.29 is 9.72 Å². The van der Waals surface area contributed by atoms with E-state index in [4.69, 9.17) is 9.97 Å². The number of anilines is 1. The van der Waals surface area contributed by atoms with Crippen LogP contribution in [0.5, 0.6) is 0 Å². The quantitative estimate of drug-likeness (QED) is 0.253. The number of nitrogens with zero attached hydrogens (tertiary/aromatic N) is 7. The molecule has 5 rings (SSSR count). The van der Waals surface area contributed by atoms with Crippen molar-refractivity contribution in [3.05, 3.63) is 82.3 Å². The van der Waals surface area contributed by atoms with Crippen LogP contribution >= 0.6 is 0 Å². The highest BCUT2D eigenvalue weighted by Crippen LogP contribution is 2.30. The van der Waals surface area contributed by atoms with Crippen molar-refractivity contribution in [3.63, 3.8) is 0 Å². The highest BCUT2D eigenvalue weighted by atomic mass is 16.6. The average molecular weight is 514 g/mol. The van der Waals surface area contributed by atoms with Gasteiger partial charge in [0.1, 0.15) is 11.6 Å². The van der Waals surface area contributed by atoms with E-state index in [2.05, 4.69) is 23.8 Å². The number of nitro benzene ring substituents is 1. The standard InChI is InChI=1S/C28H31N7O3/c1-3-9-20(2)25-30-26(24-19-29-34(27(24)31-25)22-11-5-4-6-12-22)32-14-8-15-33(17-16-32)28(36)21-10-7-13-23(18-21)35(37)38/h4-7,10-13,18-20H,3,8-9,14-17H2,1-2H3/t20-/m0/s1. The van der Waals surface area contributed by atoms with Gasteiger partial charge in [0.2, 0.25) is 0 Å². The molecule has 0 saturated carbocycles. The van der Waals surface area contributed by atoms with Crippen LogP contribution < -0.4 is 4.90 Å². The number of carbonyl (C=O) groups excluding carboxylic acids is 1. The molecule has 0 aliphatic carbocycles. The molecule has 0 bridgehead atoms. The van der Waals surface area contributed by atoms with Crippen LogP contribution in [0.4, 0.5) is 11.5 Å². The van der Waals surface area contributed by atoms with E-state index < -0.39 is 4.92 Å². The summed E-state index contributed by atoms with van der Waals surface area (Å²) >= 11 is 0. The Morgan fingerprint density at radius 2 is 1.87 bits per heavy atom. The second-order valence-corrected chi connectivity index (χ2v) is 9.66. The van der Waals surface area contributed by atoms with Crippen molar-refractivity contribution >= 4 is 28.4 Å². The summed E-state index contributed by atoms with van der Waals surface area (Å²) in [4.78, 5) is 37.9. The predicted octanol–water partition coefficient (Wildman–Crippen LogP) is 4.98. The van der Waals surface area contributed by atoms with Gasteiger partial charge in [-0.15, -0.1) is 0 Å². The summed E-state index contributed by atoms with van der Waals surface area (Å²) in [6.07, 6.45) is 4.59. The van der Waals surface area contributed by atoms with Crippen LogP contribution in [-0.2, 0) is 0 Å². The Morgan fingerprint density at radius 3 is 2.63 bits per heavy atom. The lowest BCUT2D eigenvalue weighted by Crippen LogP contribution is -2.35. The molecule has 1 amide bonds. The van der Waals surface area contributed by atoms with E-state index in [0.717, 1.165) is 54.2 Å². The van der Waals surface area contributed by atoms with Crippen molar-refractivity contribution in [2.24, 2.45) is 0 Å². The first-order chi connectivity index (χ1) is 18.5. The maximum atomic E-state index is 13.2. The highest BCUT2D eigenvalue weighted by Gasteiger charge is 2.25. The summed E-state index contributed by atoms with van der Waals surface area (Å²) in [5.74, 6) is 1.62. The number of para-hydroxylation sites is 1. The SMILES string of the molecule is CCC[C@H](C)c1nc(N2CCCN(C(=O)c3cccc([N+](=O)[O-])c3)CC2)c2cnn(-c3ccccc3)c2n1. The van der Waals surface area contributed by atoms with E-state index in [1.807, 2.05) is 41.2 Å². The van der Waals surface area contributed by atoms with E-state index in [0.29, 0.717) is 25.2 Å². The van der Waals surface area contributed by atoms with Gasteiger partial charge in [0.05, 0.1) is 22.2 Å². The van der Waals surface area contributed by atoms with Gasteiger partial charge in [0.25, 0.3) is 11.6 Å². The van der Waals surface area contributed by atoms with Crippen molar-refractivity contribution in [1.29, 1.82) is 0 Å². The van der Waals surface area contributed by atoms with Gasteiger partial charge < -0.3 is 9.80 Å². The summed E-state index contributed by atoms with van der Waals surface area (Å²) in [7, 11) is 0. The molecule has 3 heterocycles. The lowest BCUT2D eigenvalue weighted by molar-refractivity contribution is -0.384. The smallest absolute Gasteiger partial charge is 0.270 e. The fourth-order valence-electron chi connectivity index (χ4n) is 4.96. The van der Waals surface area contributed by atoms with Crippen molar-refractivity contribution in [2.75, 3.05) is 31.1 Å². The van der Waals surface area contributed by atoms with Crippen LogP contribution in [-0.4, -0.2) is 61.7 Å². The summed E-state index contributed by atoms with van der Waals surface area (Å²) in [5, 5.41) is 16.7. The molecule has 10 heteroatoms. The molecule has 38 heavy (non-hydrogen) atoms. The van der Waals surface area contributed by atoms with Gasteiger partial charge in [-0.2, -0.15) is 5.10 Å². The number of hydrogen-bond acceptors (Lipinski definition) is 7. The third kappa shape index (κ3) is 5.06. The summed E-state index contributed by atoms with van der Waals surface area (Å²) in [5.41, 5.74) is 1.95. The molecule has 1 saturated heterocycles. The van der Waals surface area contributed by atoms with Gasteiger partial charge in [0, 0.05) is 49.8 Å². The van der Waals surface area contributed by atoms with Crippen LogP contribution in [0.3, 0.4) is 0 Å². The Hall–Kier alpha value is -4.34. The van der Waals surface area contributed by atoms with Crippen molar-refractivity contribution in [1.82, 2.24) is 24.6 Å². The molecule has 2 aromatic carbocycles. The number of carbonyl (C=O) groups is 1. The van der Waals surface area contributed by atoms with E-state index in [1.54, 1.807) is 17.0 Å². The predicted molar refractivity (Wildman–Crippen MR) is 146 cm³/mol. The molecule has 1 aliphatic rings. The minimum Gasteiger partial charge on any atom is -0.354 e. The van der Waals surface area contributed by atoms with Gasteiger partial charge in [-0.05, 0) is 31.0 Å². The number of nitro groups is 1. The molecular formula is C28H31N7O3. The van der Waals surface area contributed by atoms with Crippen LogP contribution in [0.1, 0.15) is 55.2 Å². The number of amides is 1. The zero-order valence-corrected chi connectivity index (χ0v) is 21.7. The van der Waals surface area contributed by atoms with Crippen molar-refractivity contribution in [2.45, 2.75) is 39.0 Å². The molecule has 4 aromatic rings. The van der Waals surface area contributed by atoms with Crippen LogP contribution in [0, 0.1) is 10.1 Å². The van der Waals surface area contributed by atoms with Gasteiger partial charge in [-0.1, -0.05) is 44.5 Å². The normalized spacial score (nSPS) is 14.9. The molecule has 10 nitrogen and oxygen atoms in total. The molecule has 0 N–H and O–H groups in total. The first-order valence-electron chi connectivity index (χ1n) is 13.1. The molecule has 1 fully saturated rings. The molecular weight excluding hydrogens is 482 g/mol. The Balaban J connectivity index is 1.46. The number of benzene rings is 2. The van der Waals surface area contributed by atoms with E-state index in [-0.39, 0.29) is 17.5 Å². The second kappa shape index (κ2) is 11.0. The lowest BCUT2D eigenvalue weighted by Gasteiger charge is -2.24. The number of non-ortho nitro benzene ring substituents is 1. The number of fused-ring (bicyclic) bond motifs is 1. The molecule has 0 spiro atoms. The Labute approximate surface area is 221 Å². The monoisotopic (exact) mass is 513 g/mol. The number of hydrogen-bond donors (Lipinski definition) is 0. The molecule has 1 atom stereocenters. The molecule has 0 radical (unpaired) electrons. The second-order valence-electron chi connectivity index (χ2n) is 9.66. The Morgan fingerprint density at radius 1 is 1.05 bits per heavy atom. The zero-order valence-electron chi connectivity index (χ0n) is 21.7. The van der Waals surface area contributed by atoms with E-state index in [9.17, 15) is 14.9 Å². The maximum Gasteiger partial charge on any atom is 0.270 e. The third-order valence-electron chi connectivity index (χ3n) is 6.98. The van der Waals surface area contributed by atoms with Crippen molar-refractivity contribution in [3.8, 4) is 5.69 Å². The Kier molecular flexibility index (Phi) is 7.30. The number of aromatic nitrogens is 4. The third-order valence-corrected chi connectivity index (χ3v) is 6.98. The Bertz CT molecular complexity index is 1450. The number of rotatable bonds is 7. The van der Waals surface area contributed by atoms with Gasteiger partial charge in [0.15, 0.2) is 5.65 Å². The first kappa shape index (κ1) is 25.3. The fourth-order valence-corrected chi connectivity index (χ4v) is 4.96. The van der Waals surface area contributed by atoms with Gasteiger partial charge in [-0.25, -0.2) is 14.6 Å². The zero-order chi connectivity index (χ0) is 26.6. The van der Waals surface area contributed by atoms with Crippen LogP contribution in [0.15, 0.2) is 60.8 Å². The lowest BCUT2D eigenvalue weighted by atomic mass is 10.1. The molecule has 196 valence electrons. The molecule has 2 aromatic heterocycles. The fraction of sp³-hybridized carbons (Fsp3) is 0.357. The highest BCUT2D eigenvalue weighted by molar-refractivity contribution is 5.95. The summed E-state index contributed by atoms with van der Waals surface area (Å²) in [6.45, 7) is 6.67. The topological polar surface area (TPSA) is 110 Å². The van der Waals surface area contributed by atoms with Crippen LogP contribution in [0.2, 0.25) is 0 Å². The van der Waals surface area contributed by atoms with E-state index in [1.165, 1.54) is 12.1 Å². The molecule has 1 aliphatic heterocycles. The maximum absolute atomic E-state index is 13.2. The van der Waals surface area contributed by atoms with Gasteiger partial charge in [-0.3, -0.25) is 14.9 Å². The largest absolute Gasteiger partial charge is 0.354 e.